The first kappa shape index (κ1) is 22.2. The lowest BCUT2D eigenvalue weighted by atomic mass is 9.87. The first-order chi connectivity index (χ1) is 15.3. The van der Waals surface area contributed by atoms with E-state index < -0.39 is 11.1 Å². The highest BCUT2D eigenvalue weighted by atomic mass is 16.6. The van der Waals surface area contributed by atoms with Crippen molar-refractivity contribution in [2.24, 2.45) is 0 Å². The van der Waals surface area contributed by atoms with Gasteiger partial charge in [-0.3, -0.25) is 4.68 Å². The molecule has 2 fully saturated rings. The molecular weight excluding hydrogens is 408 g/mol. The summed E-state index contributed by atoms with van der Waals surface area (Å²) in [6, 6.07) is 4.60. The molecule has 0 radical (unpaired) electrons. The van der Waals surface area contributed by atoms with Gasteiger partial charge in [0, 0.05) is 12.2 Å². The number of unbranched alkanes of at least 4 members (excludes halogenated alkanes) is 1. The summed E-state index contributed by atoms with van der Waals surface area (Å²) in [7, 11) is 0. The molecule has 1 aliphatic heterocycles. The van der Waals surface area contributed by atoms with Gasteiger partial charge in [-0.1, -0.05) is 13.3 Å². The maximum absolute atomic E-state index is 12.5. The molecule has 3 heterocycles. The number of hydrogen-bond donors (Lipinski definition) is 1. The second kappa shape index (κ2) is 8.49. The van der Waals surface area contributed by atoms with Crippen molar-refractivity contribution in [2.45, 2.75) is 77.0 Å². The van der Waals surface area contributed by atoms with Gasteiger partial charge in [0.1, 0.15) is 16.5 Å². The molecule has 2 aromatic rings. The third-order valence-electron chi connectivity index (χ3n) is 5.69. The molecule has 0 bridgehead atoms. The number of rotatable bonds is 8. The van der Waals surface area contributed by atoms with Crippen LogP contribution in [0, 0.1) is 11.3 Å². The molecule has 9 nitrogen and oxygen atoms in total. The Morgan fingerprint density at radius 3 is 2.75 bits per heavy atom. The van der Waals surface area contributed by atoms with Gasteiger partial charge in [-0.05, 0) is 46.1 Å². The summed E-state index contributed by atoms with van der Waals surface area (Å²) in [5.41, 5.74) is -0.329. The van der Waals surface area contributed by atoms with Gasteiger partial charge in [-0.2, -0.15) is 10.4 Å². The SMILES string of the molecule is CCCCOc1nccc2c1c(NC1CC1)nn2C1(CC#N)CN(C(=O)OC(C)(C)C)C1. The number of nitriles is 1. The third-order valence-corrected chi connectivity index (χ3v) is 5.69. The number of likely N-dealkylation sites (tertiary alicyclic amines) is 1. The normalized spacial score (nSPS) is 17.5. The summed E-state index contributed by atoms with van der Waals surface area (Å²) >= 11 is 0. The van der Waals surface area contributed by atoms with E-state index in [1.54, 1.807) is 11.1 Å². The summed E-state index contributed by atoms with van der Waals surface area (Å²) in [6.45, 7) is 8.97. The topological polar surface area (TPSA) is 105 Å². The fourth-order valence-electron chi connectivity index (χ4n) is 3.93. The van der Waals surface area contributed by atoms with Crippen molar-refractivity contribution in [3.63, 3.8) is 0 Å². The van der Waals surface area contributed by atoms with Gasteiger partial charge in [-0.15, -0.1) is 0 Å². The number of anilines is 1. The molecule has 0 aromatic carbocycles. The van der Waals surface area contributed by atoms with Crippen molar-refractivity contribution in [2.75, 3.05) is 25.0 Å². The number of carbonyl (C=O) groups is 1. The highest BCUT2D eigenvalue weighted by molar-refractivity contribution is 5.95. The van der Waals surface area contributed by atoms with Crippen molar-refractivity contribution >= 4 is 22.8 Å². The molecule has 0 spiro atoms. The zero-order valence-corrected chi connectivity index (χ0v) is 19.3. The summed E-state index contributed by atoms with van der Waals surface area (Å²) < 4.78 is 13.4. The van der Waals surface area contributed by atoms with Crippen LogP contribution in [0.2, 0.25) is 0 Å². The number of amides is 1. The molecule has 1 saturated carbocycles. The Morgan fingerprint density at radius 2 is 2.12 bits per heavy atom. The van der Waals surface area contributed by atoms with E-state index in [9.17, 15) is 10.1 Å². The first-order valence-corrected chi connectivity index (χ1v) is 11.4. The lowest BCUT2D eigenvalue weighted by Crippen LogP contribution is -2.64. The van der Waals surface area contributed by atoms with Crippen LogP contribution in [0.15, 0.2) is 12.3 Å². The van der Waals surface area contributed by atoms with Gasteiger partial charge < -0.3 is 19.7 Å². The number of nitrogens with zero attached hydrogens (tertiary/aromatic N) is 5. The van der Waals surface area contributed by atoms with Crippen LogP contribution in [-0.2, 0) is 10.3 Å². The Balaban J connectivity index is 1.68. The van der Waals surface area contributed by atoms with Crippen molar-refractivity contribution in [1.82, 2.24) is 19.7 Å². The molecule has 2 aromatic heterocycles. The smallest absolute Gasteiger partial charge is 0.410 e. The minimum absolute atomic E-state index is 0.236. The fourth-order valence-corrected chi connectivity index (χ4v) is 3.93. The summed E-state index contributed by atoms with van der Waals surface area (Å²) in [5, 5.41) is 18.8. The zero-order chi connectivity index (χ0) is 22.9. The number of aromatic nitrogens is 3. The Bertz CT molecular complexity index is 1020. The van der Waals surface area contributed by atoms with Crippen LogP contribution in [0.5, 0.6) is 5.88 Å². The van der Waals surface area contributed by atoms with E-state index in [4.69, 9.17) is 14.6 Å². The van der Waals surface area contributed by atoms with Gasteiger partial charge in [0.2, 0.25) is 5.88 Å². The Labute approximate surface area is 188 Å². The monoisotopic (exact) mass is 440 g/mol. The molecule has 1 amide bonds. The molecule has 4 rings (SSSR count). The number of pyridine rings is 1. The van der Waals surface area contributed by atoms with Crippen LogP contribution in [-0.4, -0.2) is 57.1 Å². The number of fused-ring (bicyclic) bond motifs is 1. The second-order valence-electron chi connectivity index (χ2n) is 9.79. The van der Waals surface area contributed by atoms with E-state index in [0.29, 0.717) is 31.6 Å². The Morgan fingerprint density at radius 1 is 1.38 bits per heavy atom. The van der Waals surface area contributed by atoms with E-state index in [-0.39, 0.29) is 12.5 Å². The molecule has 172 valence electrons. The fraction of sp³-hybridized carbons (Fsp3) is 0.652. The summed E-state index contributed by atoms with van der Waals surface area (Å²) in [4.78, 5) is 18.6. The van der Waals surface area contributed by atoms with E-state index in [1.165, 1.54) is 0 Å². The Hall–Kier alpha value is -3.02. The minimum Gasteiger partial charge on any atom is -0.477 e. The van der Waals surface area contributed by atoms with Crippen molar-refractivity contribution in [3.8, 4) is 11.9 Å². The molecule has 1 aliphatic carbocycles. The number of carbonyl (C=O) groups excluding carboxylic acids is 1. The predicted octanol–water partition coefficient (Wildman–Crippen LogP) is 4.04. The highest BCUT2D eigenvalue weighted by Crippen LogP contribution is 2.40. The molecular formula is C23H32N6O3. The summed E-state index contributed by atoms with van der Waals surface area (Å²) in [6.07, 6.45) is 5.78. The average Bonchev–Trinajstić information content (AvgIpc) is 3.43. The molecule has 1 N–H and O–H groups in total. The maximum Gasteiger partial charge on any atom is 0.410 e. The lowest BCUT2D eigenvalue weighted by molar-refractivity contribution is -0.0298. The van der Waals surface area contributed by atoms with Gasteiger partial charge in [-0.25, -0.2) is 9.78 Å². The van der Waals surface area contributed by atoms with Crippen LogP contribution in [0.1, 0.15) is 59.8 Å². The van der Waals surface area contributed by atoms with Crippen LogP contribution >= 0.6 is 0 Å². The predicted molar refractivity (Wildman–Crippen MR) is 121 cm³/mol. The molecule has 32 heavy (non-hydrogen) atoms. The van der Waals surface area contributed by atoms with Gasteiger partial charge in [0.25, 0.3) is 0 Å². The quantitative estimate of drug-likeness (QED) is 0.618. The van der Waals surface area contributed by atoms with E-state index >= 15 is 0 Å². The van der Waals surface area contributed by atoms with E-state index in [2.05, 4.69) is 23.3 Å². The number of ether oxygens (including phenoxy) is 2. The molecule has 9 heteroatoms. The standard InChI is InChI=1S/C23H32N6O3/c1-5-6-13-31-20-18-17(9-12-25-20)29(27-19(18)26-16-7-8-16)23(10-11-24)14-28(15-23)21(30)32-22(2,3)4/h9,12,16H,5-8,10,13-15H2,1-4H3,(H,26,27). The maximum atomic E-state index is 12.5. The molecule has 0 atom stereocenters. The van der Waals surface area contributed by atoms with E-state index in [1.807, 2.05) is 31.5 Å². The number of nitrogens with one attached hydrogen (secondary N) is 1. The van der Waals surface area contributed by atoms with Gasteiger partial charge in [0.15, 0.2) is 5.82 Å². The highest BCUT2D eigenvalue weighted by Gasteiger charge is 2.50. The van der Waals surface area contributed by atoms with Crippen LogP contribution < -0.4 is 10.1 Å². The van der Waals surface area contributed by atoms with E-state index in [0.717, 1.165) is 42.4 Å². The number of hydrogen-bond acceptors (Lipinski definition) is 7. The van der Waals surface area contributed by atoms with Crippen LogP contribution in [0.3, 0.4) is 0 Å². The van der Waals surface area contributed by atoms with Crippen LogP contribution in [0.25, 0.3) is 10.9 Å². The lowest BCUT2D eigenvalue weighted by Gasteiger charge is -2.48. The van der Waals surface area contributed by atoms with Crippen molar-refractivity contribution in [1.29, 1.82) is 5.26 Å². The largest absolute Gasteiger partial charge is 0.477 e. The zero-order valence-electron chi connectivity index (χ0n) is 19.3. The summed E-state index contributed by atoms with van der Waals surface area (Å²) in [5.74, 6) is 1.29. The van der Waals surface area contributed by atoms with Gasteiger partial charge >= 0.3 is 6.09 Å². The first-order valence-electron chi connectivity index (χ1n) is 11.4. The molecule has 2 aliphatic rings. The second-order valence-corrected chi connectivity index (χ2v) is 9.79. The van der Waals surface area contributed by atoms with Crippen molar-refractivity contribution in [3.05, 3.63) is 12.3 Å². The minimum atomic E-state index is -0.616. The van der Waals surface area contributed by atoms with Crippen molar-refractivity contribution < 1.29 is 14.3 Å². The van der Waals surface area contributed by atoms with Crippen LogP contribution in [0.4, 0.5) is 10.6 Å². The molecule has 0 unspecified atom stereocenters. The average molecular weight is 441 g/mol. The Kier molecular flexibility index (Phi) is 5.89. The molecule has 1 saturated heterocycles. The van der Waals surface area contributed by atoms with Gasteiger partial charge in [0.05, 0.1) is 37.7 Å². The third kappa shape index (κ3) is 4.45.